The number of rotatable bonds is 10. The fraction of sp³-hybridized carbons (Fsp3) is 0.500. The molecule has 0 bridgehead atoms. The molecule has 0 saturated carbocycles. The van der Waals surface area contributed by atoms with Crippen molar-refractivity contribution < 1.29 is 28.7 Å². The van der Waals surface area contributed by atoms with Gasteiger partial charge in [-0.15, -0.1) is 0 Å². The van der Waals surface area contributed by atoms with Crippen molar-refractivity contribution in [2.24, 2.45) is 5.92 Å². The standard InChI is InChI=1S/C20H26N2O6/c1-4-27-20(26)17-16(22-17)18(24)21-14(10-12(2)3)15(23)11-28-19(25)13-8-6-5-7-9-13/h5-9,12,14,16-17,22H,4,10-11H2,1-3H3,(H,21,24)/t14?,16-,17-/m0/s1. The normalized spacial score (nSPS) is 18.9. The molecule has 0 aromatic heterocycles. The van der Waals surface area contributed by atoms with Crippen molar-refractivity contribution in [2.75, 3.05) is 13.2 Å². The van der Waals surface area contributed by atoms with E-state index in [0.29, 0.717) is 12.0 Å². The SMILES string of the molecule is CCOC(=O)[C@H]1N[C@@H]1C(=O)NC(CC(C)C)C(=O)COC(=O)c1ccccc1. The largest absolute Gasteiger partial charge is 0.465 e. The molecule has 1 saturated heterocycles. The molecule has 0 spiro atoms. The quantitative estimate of drug-likeness (QED) is 0.449. The van der Waals surface area contributed by atoms with Crippen molar-refractivity contribution in [3.05, 3.63) is 35.9 Å². The molecular formula is C20H26N2O6. The molecule has 1 aromatic carbocycles. The Bertz CT molecular complexity index is 719. The number of hydrogen-bond acceptors (Lipinski definition) is 7. The molecule has 1 unspecified atom stereocenters. The molecule has 8 heteroatoms. The first-order valence-corrected chi connectivity index (χ1v) is 9.31. The van der Waals surface area contributed by atoms with Gasteiger partial charge in [0.1, 0.15) is 12.1 Å². The number of nitrogens with one attached hydrogen (secondary N) is 2. The van der Waals surface area contributed by atoms with Gasteiger partial charge >= 0.3 is 11.9 Å². The molecule has 3 atom stereocenters. The summed E-state index contributed by atoms with van der Waals surface area (Å²) in [7, 11) is 0. The summed E-state index contributed by atoms with van der Waals surface area (Å²) in [6.45, 7) is 5.30. The molecule has 1 amide bonds. The Labute approximate surface area is 164 Å². The van der Waals surface area contributed by atoms with Crippen LogP contribution >= 0.6 is 0 Å². The van der Waals surface area contributed by atoms with Gasteiger partial charge in [-0.25, -0.2) is 4.79 Å². The van der Waals surface area contributed by atoms with Gasteiger partial charge < -0.3 is 14.8 Å². The number of ether oxygens (including phenoxy) is 2. The number of benzene rings is 1. The highest BCUT2D eigenvalue weighted by molar-refractivity contribution is 5.98. The average molecular weight is 390 g/mol. The van der Waals surface area contributed by atoms with Crippen molar-refractivity contribution in [1.82, 2.24) is 10.6 Å². The minimum atomic E-state index is -0.804. The predicted molar refractivity (Wildman–Crippen MR) is 100 cm³/mol. The summed E-state index contributed by atoms with van der Waals surface area (Å²) >= 11 is 0. The minimum Gasteiger partial charge on any atom is -0.465 e. The second kappa shape index (κ2) is 9.98. The molecular weight excluding hydrogens is 364 g/mol. The first kappa shape index (κ1) is 21.6. The maximum Gasteiger partial charge on any atom is 0.338 e. The Kier molecular flexibility index (Phi) is 7.69. The van der Waals surface area contributed by atoms with Gasteiger partial charge in [0.25, 0.3) is 0 Å². The number of carbonyl (C=O) groups is 4. The molecule has 28 heavy (non-hydrogen) atoms. The smallest absolute Gasteiger partial charge is 0.338 e. The van der Waals surface area contributed by atoms with Crippen LogP contribution in [0.4, 0.5) is 0 Å². The molecule has 2 N–H and O–H groups in total. The molecule has 0 radical (unpaired) electrons. The van der Waals surface area contributed by atoms with E-state index in [1.807, 2.05) is 13.8 Å². The molecule has 1 heterocycles. The van der Waals surface area contributed by atoms with Gasteiger partial charge in [-0.2, -0.15) is 0 Å². The van der Waals surface area contributed by atoms with Crippen LogP contribution in [0.15, 0.2) is 30.3 Å². The van der Waals surface area contributed by atoms with E-state index in [1.54, 1.807) is 37.3 Å². The average Bonchev–Trinajstić information content (AvgIpc) is 3.47. The van der Waals surface area contributed by atoms with Crippen LogP contribution in [-0.4, -0.2) is 55.0 Å². The minimum absolute atomic E-state index is 0.132. The van der Waals surface area contributed by atoms with Crippen LogP contribution < -0.4 is 10.6 Å². The molecule has 1 fully saturated rings. The van der Waals surface area contributed by atoms with Gasteiger partial charge in [0.15, 0.2) is 12.4 Å². The first-order valence-electron chi connectivity index (χ1n) is 9.31. The van der Waals surface area contributed by atoms with Crippen LogP contribution in [0.2, 0.25) is 0 Å². The van der Waals surface area contributed by atoms with E-state index in [0.717, 1.165) is 0 Å². The van der Waals surface area contributed by atoms with Crippen molar-refractivity contribution in [3.8, 4) is 0 Å². The molecule has 1 aliphatic rings. The Morgan fingerprint density at radius 3 is 2.36 bits per heavy atom. The van der Waals surface area contributed by atoms with Crippen LogP contribution in [0.1, 0.15) is 37.6 Å². The zero-order valence-corrected chi connectivity index (χ0v) is 16.3. The molecule has 1 aliphatic heterocycles. The van der Waals surface area contributed by atoms with Crippen molar-refractivity contribution in [1.29, 1.82) is 0 Å². The molecule has 8 nitrogen and oxygen atoms in total. The summed E-state index contributed by atoms with van der Waals surface area (Å²) in [5, 5.41) is 5.39. The molecule has 2 rings (SSSR count). The number of hydrogen-bond donors (Lipinski definition) is 2. The van der Waals surface area contributed by atoms with Crippen LogP contribution in [-0.2, 0) is 23.9 Å². The topological polar surface area (TPSA) is 121 Å². The van der Waals surface area contributed by atoms with E-state index in [2.05, 4.69) is 10.6 Å². The molecule has 0 aliphatic carbocycles. The summed E-state index contributed by atoms with van der Waals surface area (Å²) in [5.41, 5.74) is 0.346. The van der Waals surface area contributed by atoms with Crippen molar-refractivity contribution in [3.63, 3.8) is 0 Å². The highest BCUT2D eigenvalue weighted by atomic mass is 16.5. The third kappa shape index (κ3) is 6.16. The molecule has 1 aromatic rings. The zero-order chi connectivity index (χ0) is 20.7. The Hall–Kier alpha value is -2.74. The highest BCUT2D eigenvalue weighted by Gasteiger charge is 2.49. The Morgan fingerprint density at radius 1 is 1.07 bits per heavy atom. The lowest BCUT2D eigenvalue weighted by molar-refractivity contribution is -0.143. The van der Waals surface area contributed by atoms with E-state index >= 15 is 0 Å². The lowest BCUT2D eigenvalue weighted by Crippen LogP contribution is -2.46. The highest BCUT2D eigenvalue weighted by Crippen LogP contribution is 2.15. The van der Waals surface area contributed by atoms with Gasteiger partial charge in [-0.3, -0.25) is 19.7 Å². The van der Waals surface area contributed by atoms with E-state index in [9.17, 15) is 19.2 Å². The van der Waals surface area contributed by atoms with Crippen LogP contribution in [0, 0.1) is 5.92 Å². The molecule has 152 valence electrons. The first-order chi connectivity index (χ1) is 13.3. The fourth-order valence-electron chi connectivity index (χ4n) is 2.70. The number of amides is 1. The summed E-state index contributed by atoms with van der Waals surface area (Å²) < 4.78 is 9.94. The van der Waals surface area contributed by atoms with E-state index in [4.69, 9.17) is 9.47 Å². The van der Waals surface area contributed by atoms with Crippen molar-refractivity contribution >= 4 is 23.6 Å². The second-order valence-electron chi connectivity index (χ2n) is 6.97. The number of Topliss-reactive ketones (excluding diaryl/α,β-unsaturated/α-hetero) is 1. The van der Waals surface area contributed by atoms with Gasteiger partial charge in [-0.1, -0.05) is 32.0 Å². The second-order valence-corrected chi connectivity index (χ2v) is 6.97. The summed E-state index contributed by atoms with van der Waals surface area (Å²) in [6, 6.07) is 6.14. The Morgan fingerprint density at radius 2 is 1.75 bits per heavy atom. The van der Waals surface area contributed by atoms with Gasteiger partial charge in [0.2, 0.25) is 5.91 Å². The number of carbonyl (C=O) groups excluding carboxylic acids is 4. The van der Waals surface area contributed by atoms with Crippen LogP contribution in [0.5, 0.6) is 0 Å². The van der Waals surface area contributed by atoms with E-state index in [-0.39, 0.29) is 12.5 Å². The number of esters is 2. The maximum absolute atomic E-state index is 12.5. The summed E-state index contributed by atoms with van der Waals surface area (Å²) in [5.74, 6) is -1.82. The zero-order valence-electron chi connectivity index (χ0n) is 16.3. The third-order valence-electron chi connectivity index (χ3n) is 4.17. The summed E-state index contributed by atoms with van der Waals surface area (Å²) in [6.07, 6.45) is 0.393. The van der Waals surface area contributed by atoms with Crippen molar-refractivity contribution in [2.45, 2.75) is 45.3 Å². The van der Waals surface area contributed by atoms with E-state index in [1.165, 1.54) is 0 Å². The van der Waals surface area contributed by atoms with Crippen LogP contribution in [0.3, 0.4) is 0 Å². The number of ketones is 1. The Balaban J connectivity index is 1.89. The lowest BCUT2D eigenvalue weighted by atomic mass is 10.00. The van der Waals surface area contributed by atoms with E-state index < -0.39 is 48.4 Å². The van der Waals surface area contributed by atoms with Gasteiger partial charge in [0, 0.05) is 0 Å². The summed E-state index contributed by atoms with van der Waals surface area (Å²) in [4.78, 5) is 48.5. The predicted octanol–water partition coefficient (Wildman–Crippen LogP) is 0.847. The van der Waals surface area contributed by atoms with Gasteiger partial charge in [0.05, 0.1) is 18.2 Å². The lowest BCUT2D eigenvalue weighted by Gasteiger charge is -2.19. The van der Waals surface area contributed by atoms with Gasteiger partial charge in [-0.05, 0) is 31.4 Å². The fourth-order valence-corrected chi connectivity index (χ4v) is 2.70. The monoisotopic (exact) mass is 390 g/mol. The third-order valence-corrected chi connectivity index (χ3v) is 4.17. The van der Waals surface area contributed by atoms with Crippen LogP contribution in [0.25, 0.3) is 0 Å². The maximum atomic E-state index is 12.5.